The van der Waals surface area contributed by atoms with E-state index >= 15 is 0 Å². The van der Waals surface area contributed by atoms with Crippen molar-refractivity contribution in [2.45, 2.75) is 6.92 Å². The lowest BCUT2D eigenvalue weighted by Gasteiger charge is -2.25. The van der Waals surface area contributed by atoms with Gasteiger partial charge in [0.1, 0.15) is 22.9 Å². The predicted molar refractivity (Wildman–Crippen MR) is 86.9 cm³/mol. The highest BCUT2D eigenvalue weighted by atomic mass is 16.5. The maximum absolute atomic E-state index is 12.7. The number of carboxylic acid groups (broad SMARTS) is 1. The molecule has 0 unspecified atom stereocenters. The van der Waals surface area contributed by atoms with Crippen molar-refractivity contribution in [3.8, 4) is 0 Å². The normalized spacial score (nSPS) is 25.6. The second-order valence-electron chi connectivity index (χ2n) is 6.55. The average molecular weight is 343 g/mol. The summed E-state index contributed by atoms with van der Waals surface area (Å²) in [6.07, 6.45) is 2.97. The van der Waals surface area contributed by atoms with Crippen LogP contribution in [0.3, 0.4) is 0 Å². The van der Waals surface area contributed by atoms with Crippen LogP contribution in [0.2, 0.25) is 0 Å². The molecule has 130 valence electrons. The van der Waals surface area contributed by atoms with E-state index in [1.165, 1.54) is 6.33 Å². The molecule has 2 atom stereocenters. The maximum Gasteiger partial charge on any atom is 0.314 e. The largest absolute Gasteiger partial charge is 0.481 e. The van der Waals surface area contributed by atoms with E-state index in [0.29, 0.717) is 29.2 Å². The van der Waals surface area contributed by atoms with Gasteiger partial charge in [-0.25, -0.2) is 4.98 Å². The molecule has 0 spiro atoms. The maximum atomic E-state index is 12.7. The summed E-state index contributed by atoms with van der Waals surface area (Å²) in [6, 6.07) is 0. The number of amides is 1. The van der Waals surface area contributed by atoms with E-state index in [-0.39, 0.29) is 25.5 Å². The van der Waals surface area contributed by atoms with Crippen LogP contribution in [-0.2, 0) is 9.59 Å². The molecular formula is C16H17N5O4. The Hall–Kier alpha value is -2.97. The summed E-state index contributed by atoms with van der Waals surface area (Å²) in [6.45, 7) is 6.42. The van der Waals surface area contributed by atoms with Gasteiger partial charge in [0.05, 0.1) is 11.6 Å². The average Bonchev–Trinajstić information content (AvgIpc) is 3.22. The van der Waals surface area contributed by atoms with Gasteiger partial charge < -0.3 is 19.4 Å². The number of carbonyl (C=O) groups is 2. The van der Waals surface area contributed by atoms with Crippen molar-refractivity contribution in [2.24, 2.45) is 11.3 Å². The summed E-state index contributed by atoms with van der Waals surface area (Å²) in [4.78, 5) is 36.5. The van der Waals surface area contributed by atoms with Crippen LogP contribution in [0.25, 0.3) is 11.1 Å². The van der Waals surface area contributed by atoms with Gasteiger partial charge in [-0.05, 0) is 6.92 Å². The third-order valence-corrected chi connectivity index (χ3v) is 5.12. The van der Waals surface area contributed by atoms with E-state index in [0.717, 1.165) is 0 Å². The first kappa shape index (κ1) is 15.6. The van der Waals surface area contributed by atoms with Crippen molar-refractivity contribution in [3.05, 3.63) is 24.7 Å². The third kappa shape index (κ3) is 2.04. The highest BCUT2D eigenvalue weighted by molar-refractivity contribution is 5.95. The highest BCUT2D eigenvalue weighted by Crippen LogP contribution is 2.45. The molecule has 2 aromatic rings. The molecule has 2 aromatic heterocycles. The lowest BCUT2D eigenvalue weighted by Crippen LogP contribution is -2.41. The van der Waals surface area contributed by atoms with Gasteiger partial charge in [-0.2, -0.15) is 4.98 Å². The van der Waals surface area contributed by atoms with Gasteiger partial charge in [-0.1, -0.05) is 11.2 Å². The van der Waals surface area contributed by atoms with Crippen molar-refractivity contribution in [1.29, 1.82) is 0 Å². The molecule has 25 heavy (non-hydrogen) atoms. The van der Waals surface area contributed by atoms with Gasteiger partial charge in [0, 0.05) is 26.2 Å². The van der Waals surface area contributed by atoms with Gasteiger partial charge in [0.2, 0.25) is 5.91 Å². The number of anilines is 1. The van der Waals surface area contributed by atoms with Gasteiger partial charge in [-0.15, -0.1) is 6.58 Å². The molecule has 0 bridgehead atoms. The summed E-state index contributed by atoms with van der Waals surface area (Å²) < 4.78 is 5.16. The predicted octanol–water partition coefficient (Wildman–Crippen LogP) is 0.462. The number of nitrogens with zero attached hydrogens (tertiary/aromatic N) is 5. The van der Waals surface area contributed by atoms with E-state index < -0.39 is 17.3 Å². The molecular weight excluding hydrogens is 326 g/mol. The number of carboxylic acids is 1. The Kier molecular flexibility index (Phi) is 3.28. The van der Waals surface area contributed by atoms with Crippen molar-refractivity contribution in [1.82, 2.24) is 20.0 Å². The minimum absolute atomic E-state index is 0.155. The van der Waals surface area contributed by atoms with Crippen LogP contribution in [0.15, 0.2) is 23.5 Å². The van der Waals surface area contributed by atoms with Gasteiger partial charge in [-0.3, -0.25) is 9.59 Å². The lowest BCUT2D eigenvalue weighted by molar-refractivity contribution is -0.149. The van der Waals surface area contributed by atoms with E-state index in [1.807, 2.05) is 4.90 Å². The topological polar surface area (TPSA) is 113 Å². The second kappa shape index (κ2) is 5.27. The van der Waals surface area contributed by atoms with Crippen LogP contribution in [0.5, 0.6) is 0 Å². The minimum Gasteiger partial charge on any atom is -0.481 e. The first-order chi connectivity index (χ1) is 12.0. The van der Waals surface area contributed by atoms with Crippen LogP contribution in [0, 0.1) is 18.3 Å². The van der Waals surface area contributed by atoms with Crippen molar-refractivity contribution in [2.75, 3.05) is 31.1 Å². The van der Waals surface area contributed by atoms with Crippen molar-refractivity contribution in [3.63, 3.8) is 0 Å². The molecule has 0 saturated carbocycles. The zero-order valence-corrected chi connectivity index (χ0v) is 13.7. The Bertz CT molecular complexity index is 894. The van der Waals surface area contributed by atoms with Crippen LogP contribution < -0.4 is 4.90 Å². The monoisotopic (exact) mass is 343 g/mol. The molecule has 1 amide bonds. The molecule has 2 aliphatic rings. The highest BCUT2D eigenvalue weighted by Gasteiger charge is 2.62. The Morgan fingerprint density at radius 1 is 1.52 bits per heavy atom. The van der Waals surface area contributed by atoms with E-state index in [4.69, 9.17) is 4.52 Å². The number of carbonyl (C=O) groups excluding carboxylic acids is 1. The van der Waals surface area contributed by atoms with Crippen LogP contribution in [0.4, 0.5) is 5.82 Å². The number of aryl methyl sites for hydroxylation is 1. The van der Waals surface area contributed by atoms with E-state index in [1.54, 1.807) is 17.9 Å². The van der Waals surface area contributed by atoms with Gasteiger partial charge >= 0.3 is 5.97 Å². The van der Waals surface area contributed by atoms with E-state index in [9.17, 15) is 14.7 Å². The number of hydrogen-bond acceptors (Lipinski definition) is 7. The molecule has 0 radical (unpaired) electrons. The number of rotatable bonds is 4. The van der Waals surface area contributed by atoms with Crippen molar-refractivity contribution < 1.29 is 19.2 Å². The molecule has 2 fully saturated rings. The van der Waals surface area contributed by atoms with Crippen LogP contribution in [0.1, 0.15) is 5.69 Å². The smallest absolute Gasteiger partial charge is 0.314 e. The number of hydrogen-bond donors (Lipinski definition) is 1. The SMILES string of the molecule is C=CCN1C[C@]2(C(=O)O)CN(c3ncnc4onc(C)c34)C[C@@H]2C1=O. The second-order valence-corrected chi connectivity index (χ2v) is 6.55. The first-order valence-electron chi connectivity index (χ1n) is 7.93. The molecule has 9 heteroatoms. The first-order valence-corrected chi connectivity index (χ1v) is 7.93. The molecule has 4 heterocycles. The number of fused-ring (bicyclic) bond motifs is 2. The summed E-state index contributed by atoms with van der Waals surface area (Å²) in [5.41, 5.74) is -0.169. The fourth-order valence-electron chi connectivity index (χ4n) is 3.92. The van der Waals surface area contributed by atoms with Crippen LogP contribution in [-0.4, -0.2) is 63.2 Å². The molecule has 2 saturated heterocycles. The molecule has 0 aromatic carbocycles. The molecule has 2 aliphatic heterocycles. The number of aromatic nitrogens is 3. The van der Waals surface area contributed by atoms with Crippen LogP contribution >= 0.6 is 0 Å². The summed E-state index contributed by atoms with van der Waals surface area (Å²) in [7, 11) is 0. The zero-order valence-electron chi connectivity index (χ0n) is 13.7. The minimum atomic E-state index is -1.15. The Morgan fingerprint density at radius 3 is 3.00 bits per heavy atom. The fraction of sp³-hybridized carbons (Fsp3) is 0.438. The molecule has 1 N–H and O–H groups in total. The molecule has 4 rings (SSSR count). The van der Waals surface area contributed by atoms with Gasteiger partial charge in [0.15, 0.2) is 0 Å². The Labute approximate surface area is 142 Å². The lowest BCUT2D eigenvalue weighted by atomic mass is 9.81. The van der Waals surface area contributed by atoms with E-state index in [2.05, 4.69) is 21.7 Å². The summed E-state index contributed by atoms with van der Waals surface area (Å²) in [5, 5.41) is 14.4. The zero-order chi connectivity index (χ0) is 17.8. The number of likely N-dealkylation sites (tertiary alicyclic amines) is 1. The Morgan fingerprint density at radius 2 is 2.32 bits per heavy atom. The summed E-state index contributed by atoms with van der Waals surface area (Å²) in [5.74, 6) is -1.18. The molecule has 9 nitrogen and oxygen atoms in total. The summed E-state index contributed by atoms with van der Waals surface area (Å²) >= 11 is 0. The fourth-order valence-corrected chi connectivity index (χ4v) is 3.92. The standard InChI is InChI=1S/C16H17N5O4/c1-3-4-20-6-16(15(23)24)7-21(5-10(16)14(20)22)12-11-9(2)19-25-13(11)18-8-17-12/h3,8,10H,1,4-7H2,2H3,(H,23,24)/t10-,16+/m1/s1. The molecule has 0 aliphatic carbocycles. The number of aliphatic carboxylic acids is 1. The Balaban J connectivity index is 1.74. The quantitative estimate of drug-likeness (QED) is 0.797. The van der Waals surface area contributed by atoms with Gasteiger partial charge in [0.25, 0.3) is 5.71 Å². The van der Waals surface area contributed by atoms with Crippen molar-refractivity contribution >= 4 is 28.8 Å². The third-order valence-electron chi connectivity index (χ3n) is 5.12.